The van der Waals surface area contributed by atoms with E-state index in [2.05, 4.69) is 17.0 Å². The number of carbonyl (C=O) groups is 1. The summed E-state index contributed by atoms with van der Waals surface area (Å²) in [5.41, 5.74) is 5.62. The van der Waals surface area contributed by atoms with Gasteiger partial charge in [-0.05, 0) is 43.9 Å². The number of hydrogen-bond acceptors (Lipinski definition) is 4. The Kier molecular flexibility index (Phi) is 10.3. The Morgan fingerprint density at radius 3 is 2.26 bits per heavy atom. The number of hydrogen-bond donors (Lipinski definition) is 3. The van der Waals surface area contributed by atoms with Crippen LogP contribution < -0.4 is 15.8 Å². The van der Waals surface area contributed by atoms with Crippen LogP contribution in [0.2, 0.25) is 0 Å². The van der Waals surface area contributed by atoms with Gasteiger partial charge in [-0.2, -0.15) is 0 Å². The summed E-state index contributed by atoms with van der Waals surface area (Å²) >= 11 is 0. The zero-order valence-corrected chi connectivity index (χ0v) is 16.0. The van der Waals surface area contributed by atoms with Crippen LogP contribution in [0.15, 0.2) is 0 Å². The molecule has 0 bridgehead atoms. The molecule has 1 aliphatic rings. The first-order chi connectivity index (χ1) is 10.2. The third kappa shape index (κ3) is 9.49. The van der Waals surface area contributed by atoms with Crippen LogP contribution in [0.1, 0.15) is 52.9 Å². The predicted molar refractivity (Wildman–Crippen MR) is 96.0 cm³/mol. The van der Waals surface area contributed by atoms with Gasteiger partial charge in [0.15, 0.2) is 0 Å². The molecule has 0 aromatic rings. The molecule has 0 aromatic heterocycles. The van der Waals surface area contributed by atoms with Crippen molar-refractivity contribution < 1.29 is 13.2 Å². The average Bonchev–Trinajstić information content (AvgIpc) is 2.39. The van der Waals surface area contributed by atoms with Crippen molar-refractivity contribution in [2.24, 2.45) is 17.6 Å². The Morgan fingerprint density at radius 1 is 1.22 bits per heavy atom. The summed E-state index contributed by atoms with van der Waals surface area (Å²) in [5, 5.41) is 2.72. The summed E-state index contributed by atoms with van der Waals surface area (Å²) in [6.45, 7) is 6.58. The molecule has 1 aliphatic carbocycles. The van der Waals surface area contributed by atoms with Gasteiger partial charge in [0.2, 0.25) is 15.9 Å². The predicted octanol–water partition coefficient (Wildman–Crippen LogP) is 1.40. The molecule has 8 heteroatoms. The fourth-order valence-corrected chi connectivity index (χ4v) is 4.15. The number of nitrogens with two attached hydrogens (primary N) is 1. The smallest absolute Gasteiger partial charge is 0.236 e. The Labute approximate surface area is 146 Å². The van der Waals surface area contributed by atoms with E-state index in [0.29, 0.717) is 18.4 Å². The number of amides is 1. The third-order valence-corrected chi connectivity index (χ3v) is 5.42. The van der Waals surface area contributed by atoms with Gasteiger partial charge in [0.05, 0.1) is 0 Å². The molecule has 1 fully saturated rings. The van der Waals surface area contributed by atoms with Crippen molar-refractivity contribution in [2.75, 3.05) is 12.3 Å². The highest BCUT2D eigenvalue weighted by Crippen LogP contribution is 2.23. The molecule has 0 radical (unpaired) electrons. The first-order valence-corrected chi connectivity index (χ1v) is 9.86. The Bertz CT molecular complexity index is 449. The van der Waals surface area contributed by atoms with Crippen molar-refractivity contribution in [3.8, 4) is 0 Å². The van der Waals surface area contributed by atoms with Crippen molar-refractivity contribution >= 4 is 28.3 Å². The molecule has 138 valence electrons. The third-order valence-electron chi connectivity index (χ3n) is 4.09. The molecule has 6 nitrogen and oxygen atoms in total. The Hall–Kier alpha value is -0.370. The summed E-state index contributed by atoms with van der Waals surface area (Å²) < 4.78 is 26.8. The molecule has 0 saturated heterocycles. The molecule has 0 aliphatic heterocycles. The fourth-order valence-electron chi connectivity index (χ4n) is 2.90. The van der Waals surface area contributed by atoms with E-state index in [-0.39, 0.29) is 24.5 Å². The standard InChI is InChI=1S/C15H31N3O3S.ClH/c1-11(2)8-14(9-16)17-15(19)10-22(20,21)18-13-6-4-12(3)5-7-13;/h11-14,18H,4-10,16H2,1-3H3,(H,17,19);1H. The lowest BCUT2D eigenvalue weighted by Crippen LogP contribution is -2.46. The Morgan fingerprint density at radius 2 is 1.78 bits per heavy atom. The maximum absolute atomic E-state index is 12.1. The number of nitrogens with one attached hydrogen (secondary N) is 2. The van der Waals surface area contributed by atoms with Crippen LogP contribution in [-0.2, 0) is 14.8 Å². The van der Waals surface area contributed by atoms with Crippen molar-refractivity contribution in [1.29, 1.82) is 0 Å². The number of halogens is 1. The molecule has 1 saturated carbocycles. The second-order valence-electron chi connectivity index (χ2n) is 6.96. The van der Waals surface area contributed by atoms with Gasteiger partial charge in [0, 0.05) is 18.6 Å². The molecule has 23 heavy (non-hydrogen) atoms. The van der Waals surface area contributed by atoms with E-state index in [9.17, 15) is 13.2 Å². The first-order valence-electron chi connectivity index (χ1n) is 8.21. The summed E-state index contributed by atoms with van der Waals surface area (Å²) in [5.74, 6) is 0.0548. The molecule has 4 N–H and O–H groups in total. The van der Waals surface area contributed by atoms with Crippen LogP contribution in [0.3, 0.4) is 0 Å². The Balaban J connectivity index is 0.00000484. The van der Waals surface area contributed by atoms with E-state index in [1.54, 1.807) is 0 Å². The molecule has 0 aromatic carbocycles. The van der Waals surface area contributed by atoms with Gasteiger partial charge < -0.3 is 11.1 Å². The molecule has 1 amide bonds. The average molecular weight is 370 g/mol. The van der Waals surface area contributed by atoms with Gasteiger partial charge in [-0.3, -0.25) is 4.79 Å². The zero-order chi connectivity index (χ0) is 16.8. The summed E-state index contributed by atoms with van der Waals surface area (Å²) in [6.07, 6.45) is 4.50. The van der Waals surface area contributed by atoms with E-state index in [4.69, 9.17) is 5.73 Å². The molecule has 1 atom stereocenters. The second-order valence-corrected chi connectivity index (χ2v) is 8.72. The number of rotatable bonds is 8. The summed E-state index contributed by atoms with van der Waals surface area (Å²) in [7, 11) is -3.58. The molecule has 1 rings (SSSR count). The minimum atomic E-state index is -3.58. The molecule has 0 spiro atoms. The van der Waals surface area contributed by atoms with Gasteiger partial charge >= 0.3 is 0 Å². The minimum absolute atomic E-state index is 0. The second kappa shape index (κ2) is 10.5. The van der Waals surface area contributed by atoms with Crippen LogP contribution in [-0.4, -0.2) is 38.7 Å². The first kappa shape index (κ1) is 22.6. The maximum atomic E-state index is 12.1. The lowest BCUT2D eigenvalue weighted by atomic mass is 9.88. The van der Waals surface area contributed by atoms with Crippen LogP contribution in [0.25, 0.3) is 0 Å². The summed E-state index contributed by atoms with van der Waals surface area (Å²) in [6, 6.07) is -0.201. The monoisotopic (exact) mass is 369 g/mol. The summed E-state index contributed by atoms with van der Waals surface area (Å²) in [4.78, 5) is 11.9. The minimum Gasteiger partial charge on any atom is -0.351 e. The highest BCUT2D eigenvalue weighted by atomic mass is 35.5. The van der Waals surface area contributed by atoms with Gasteiger partial charge in [-0.1, -0.05) is 20.8 Å². The van der Waals surface area contributed by atoms with Crippen LogP contribution >= 0.6 is 12.4 Å². The van der Waals surface area contributed by atoms with Crippen LogP contribution in [0.4, 0.5) is 0 Å². The number of carbonyl (C=O) groups excluding carboxylic acids is 1. The van der Waals surface area contributed by atoms with Gasteiger partial charge in [-0.25, -0.2) is 13.1 Å². The molecule has 1 unspecified atom stereocenters. The lowest BCUT2D eigenvalue weighted by Gasteiger charge is -2.26. The highest BCUT2D eigenvalue weighted by Gasteiger charge is 2.25. The van der Waals surface area contributed by atoms with Crippen molar-refractivity contribution in [2.45, 2.75) is 65.0 Å². The lowest BCUT2D eigenvalue weighted by molar-refractivity contribution is -0.119. The van der Waals surface area contributed by atoms with Crippen LogP contribution in [0, 0.1) is 11.8 Å². The van der Waals surface area contributed by atoms with E-state index in [0.717, 1.165) is 32.1 Å². The molecular weight excluding hydrogens is 338 g/mol. The van der Waals surface area contributed by atoms with E-state index >= 15 is 0 Å². The van der Waals surface area contributed by atoms with Gasteiger partial charge in [0.25, 0.3) is 0 Å². The van der Waals surface area contributed by atoms with E-state index < -0.39 is 21.7 Å². The van der Waals surface area contributed by atoms with Gasteiger partial charge in [0.1, 0.15) is 5.75 Å². The molecule has 0 heterocycles. The van der Waals surface area contributed by atoms with Gasteiger partial charge in [-0.15, -0.1) is 12.4 Å². The van der Waals surface area contributed by atoms with E-state index in [1.165, 1.54) is 0 Å². The SMILES string of the molecule is CC(C)CC(CN)NC(=O)CS(=O)(=O)NC1CCC(C)CC1.Cl. The normalized spacial score (nSPS) is 23.2. The van der Waals surface area contributed by atoms with Crippen molar-refractivity contribution in [1.82, 2.24) is 10.0 Å². The molecular formula is C15H32ClN3O3S. The topological polar surface area (TPSA) is 101 Å². The quantitative estimate of drug-likeness (QED) is 0.601. The highest BCUT2D eigenvalue weighted by molar-refractivity contribution is 7.90. The van der Waals surface area contributed by atoms with Crippen molar-refractivity contribution in [3.63, 3.8) is 0 Å². The van der Waals surface area contributed by atoms with Crippen LogP contribution in [0.5, 0.6) is 0 Å². The zero-order valence-electron chi connectivity index (χ0n) is 14.4. The fraction of sp³-hybridized carbons (Fsp3) is 0.933. The van der Waals surface area contributed by atoms with Crippen molar-refractivity contribution in [3.05, 3.63) is 0 Å². The number of sulfonamides is 1. The van der Waals surface area contributed by atoms with E-state index in [1.807, 2.05) is 13.8 Å². The maximum Gasteiger partial charge on any atom is 0.236 e. The largest absolute Gasteiger partial charge is 0.351 e.